The Bertz CT molecular complexity index is 640. The second-order valence-electron chi connectivity index (χ2n) is 7.56. The summed E-state index contributed by atoms with van der Waals surface area (Å²) in [6, 6.07) is 6.27. The van der Waals surface area contributed by atoms with Crippen molar-refractivity contribution in [2.75, 3.05) is 31.5 Å². The van der Waals surface area contributed by atoms with Gasteiger partial charge in [-0.25, -0.2) is 4.79 Å². The SMILES string of the molecule is Cc1ccc(NC(=S)N2CCCN(C(=O)OC(C)(C)C)CC2)c(C)c1. The summed E-state index contributed by atoms with van der Waals surface area (Å²) in [7, 11) is 0. The normalized spacial score (nSPS) is 15.6. The molecule has 2 rings (SSSR count). The van der Waals surface area contributed by atoms with Crippen molar-refractivity contribution in [1.29, 1.82) is 0 Å². The second-order valence-corrected chi connectivity index (χ2v) is 7.94. The predicted molar refractivity (Wildman–Crippen MR) is 106 cm³/mol. The van der Waals surface area contributed by atoms with Gasteiger partial charge in [0, 0.05) is 31.9 Å². The van der Waals surface area contributed by atoms with E-state index in [-0.39, 0.29) is 6.09 Å². The lowest BCUT2D eigenvalue weighted by molar-refractivity contribution is 0.0260. The van der Waals surface area contributed by atoms with Crippen molar-refractivity contribution in [2.24, 2.45) is 0 Å². The first kappa shape index (κ1) is 19.5. The van der Waals surface area contributed by atoms with Gasteiger partial charge in [0.05, 0.1) is 0 Å². The summed E-state index contributed by atoms with van der Waals surface area (Å²) >= 11 is 5.58. The molecule has 1 N–H and O–H groups in total. The Labute approximate surface area is 156 Å². The molecule has 1 fully saturated rings. The lowest BCUT2D eigenvalue weighted by atomic mass is 10.1. The highest BCUT2D eigenvalue weighted by Gasteiger charge is 2.25. The number of rotatable bonds is 1. The largest absolute Gasteiger partial charge is 0.444 e. The van der Waals surface area contributed by atoms with Crippen LogP contribution in [0.25, 0.3) is 0 Å². The number of carbonyl (C=O) groups excluding carboxylic acids is 1. The van der Waals surface area contributed by atoms with Crippen LogP contribution in [0, 0.1) is 13.8 Å². The van der Waals surface area contributed by atoms with E-state index in [1.54, 1.807) is 4.90 Å². The third-order valence-electron chi connectivity index (χ3n) is 4.06. The molecule has 1 aliphatic rings. The van der Waals surface area contributed by atoms with E-state index in [2.05, 4.69) is 42.3 Å². The first-order valence-corrected chi connectivity index (χ1v) is 9.17. The molecule has 1 saturated heterocycles. The quantitative estimate of drug-likeness (QED) is 0.766. The molecule has 6 heteroatoms. The van der Waals surface area contributed by atoms with Crippen molar-refractivity contribution in [3.05, 3.63) is 29.3 Å². The standard InChI is InChI=1S/C19H29N3O2S/c1-14-7-8-16(15(2)13-14)20-17(25)21-9-6-10-22(12-11-21)18(23)24-19(3,4)5/h7-8,13H,6,9-12H2,1-5H3,(H,20,25). The van der Waals surface area contributed by atoms with E-state index in [0.717, 1.165) is 18.7 Å². The van der Waals surface area contributed by atoms with Crippen LogP contribution in [0.3, 0.4) is 0 Å². The molecule has 0 aliphatic carbocycles. The lowest BCUT2D eigenvalue weighted by Crippen LogP contribution is -2.41. The minimum Gasteiger partial charge on any atom is -0.444 e. The topological polar surface area (TPSA) is 44.8 Å². The summed E-state index contributed by atoms with van der Waals surface area (Å²) in [6.07, 6.45) is 0.621. The summed E-state index contributed by atoms with van der Waals surface area (Å²) in [5, 5.41) is 4.05. The fourth-order valence-electron chi connectivity index (χ4n) is 2.78. The molecule has 1 aromatic rings. The molecular formula is C19H29N3O2S. The molecule has 5 nitrogen and oxygen atoms in total. The molecule has 0 unspecified atom stereocenters. The van der Waals surface area contributed by atoms with Gasteiger partial charge < -0.3 is 19.9 Å². The minimum absolute atomic E-state index is 0.248. The van der Waals surface area contributed by atoms with Gasteiger partial charge in [-0.3, -0.25) is 0 Å². The van der Waals surface area contributed by atoms with Crippen molar-refractivity contribution in [3.8, 4) is 0 Å². The molecule has 1 amide bonds. The summed E-state index contributed by atoms with van der Waals surface area (Å²) in [4.78, 5) is 16.1. The maximum atomic E-state index is 12.2. The van der Waals surface area contributed by atoms with Crippen molar-refractivity contribution in [2.45, 2.75) is 46.6 Å². The van der Waals surface area contributed by atoms with Gasteiger partial charge in [0.2, 0.25) is 0 Å². The fourth-order valence-corrected chi connectivity index (χ4v) is 3.07. The second kappa shape index (κ2) is 8.04. The number of ether oxygens (including phenoxy) is 1. The summed E-state index contributed by atoms with van der Waals surface area (Å²) < 4.78 is 5.47. The van der Waals surface area contributed by atoms with Crippen molar-refractivity contribution in [1.82, 2.24) is 9.80 Å². The van der Waals surface area contributed by atoms with Crippen molar-refractivity contribution in [3.63, 3.8) is 0 Å². The molecule has 0 radical (unpaired) electrons. The fraction of sp³-hybridized carbons (Fsp3) is 0.579. The number of nitrogens with one attached hydrogen (secondary N) is 1. The van der Waals surface area contributed by atoms with E-state index >= 15 is 0 Å². The van der Waals surface area contributed by atoms with Gasteiger partial charge in [0.15, 0.2) is 5.11 Å². The molecule has 0 saturated carbocycles. The van der Waals surface area contributed by atoms with Crippen LogP contribution in [-0.4, -0.2) is 52.8 Å². The van der Waals surface area contributed by atoms with Gasteiger partial charge in [-0.15, -0.1) is 0 Å². The average Bonchev–Trinajstić information content (AvgIpc) is 2.74. The number of carbonyl (C=O) groups is 1. The number of benzene rings is 1. The molecule has 0 spiro atoms. The summed E-state index contributed by atoms with van der Waals surface area (Å²) in [6.45, 7) is 12.7. The molecular weight excluding hydrogens is 334 g/mol. The monoisotopic (exact) mass is 363 g/mol. The van der Waals surface area contributed by atoms with E-state index < -0.39 is 5.60 Å². The highest BCUT2D eigenvalue weighted by atomic mass is 32.1. The number of thiocarbonyl (C=S) groups is 1. The van der Waals surface area contributed by atoms with E-state index in [0.29, 0.717) is 24.7 Å². The Hall–Kier alpha value is -1.82. The smallest absolute Gasteiger partial charge is 0.410 e. The number of nitrogens with zero attached hydrogens (tertiary/aromatic N) is 2. The Kier molecular flexibility index (Phi) is 6.27. The summed E-state index contributed by atoms with van der Waals surface area (Å²) in [5.74, 6) is 0. The first-order valence-electron chi connectivity index (χ1n) is 8.77. The van der Waals surface area contributed by atoms with E-state index in [4.69, 9.17) is 17.0 Å². The molecule has 0 bridgehead atoms. The molecule has 0 aromatic heterocycles. The van der Waals surface area contributed by atoms with Crippen LogP contribution in [0.4, 0.5) is 10.5 Å². The third-order valence-corrected chi connectivity index (χ3v) is 4.42. The lowest BCUT2D eigenvalue weighted by Gasteiger charge is -2.27. The minimum atomic E-state index is -0.469. The highest BCUT2D eigenvalue weighted by Crippen LogP contribution is 2.17. The maximum Gasteiger partial charge on any atom is 0.410 e. The van der Waals surface area contributed by atoms with Crippen LogP contribution in [0.2, 0.25) is 0 Å². The molecule has 0 atom stereocenters. The van der Waals surface area contributed by atoms with Gasteiger partial charge in [0.1, 0.15) is 5.60 Å². The number of hydrogen-bond donors (Lipinski definition) is 1. The van der Waals surface area contributed by atoms with E-state index in [1.807, 2.05) is 20.8 Å². The Morgan fingerprint density at radius 3 is 2.40 bits per heavy atom. The molecule has 1 heterocycles. The van der Waals surface area contributed by atoms with E-state index in [1.165, 1.54) is 11.1 Å². The Morgan fingerprint density at radius 2 is 1.76 bits per heavy atom. The maximum absolute atomic E-state index is 12.2. The van der Waals surface area contributed by atoms with Crippen LogP contribution in [0.5, 0.6) is 0 Å². The zero-order chi connectivity index (χ0) is 18.6. The Balaban J connectivity index is 1.93. The molecule has 1 aliphatic heterocycles. The number of anilines is 1. The van der Waals surface area contributed by atoms with Crippen molar-refractivity contribution < 1.29 is 9.53 Å². The van der Waals surface area contributed by atoms with Crippen LogP contribution in [-0.2, 0) is 4.74 Å². The number of aryl methyl sites for hydroxylation is 2. The van der Waals surface area contributed by atoms with Gasteiger partial charge in [0.25, 0.3) is 0 Å². The van der Waals surface area contributed by atoms with Crippen LogP contribution >= 0.6 is 12.2 Å². The summed E-state index contributed by atoms with van der Waals surface area (Å²) in [5.41, 5.74) is 2.97. The zero-order valence-corrected chi connectivity index (χ0v) is 16.7. The van der Waals surface area contributed by atoms with Gasteiger partial charge in [-0.2, -0.15) is 0 Å². The van der Waals surface area contributed by atoms with Crippen LogP contribution < -0.4 is 5.32 Å². The molecule has 138 valence electrons. The van der Waals surface area contributed by atoms with Crippen LogP contribution in [0.1, 0.15) is 38.3 Å². The van der Waals surface area contributed by atoms with Crippen molar-refractivity contribution >= 4 is 29.1 Å². The first-order chi connectivity index (χ1) is 11.7. The third kappa shape index (κ3) is 5.88. The van der Waals surface area contributed by atoms with Gasteiger partial charge in [-0.05, 0) is 64.9 Å². The number of hydrogen-bond acceptors (Lipinski definition) is 3. The average molecular weight is 364 g/mol. The molecule has 25 heavy (non-hydrogen) atoms. The molecule has 1 aromatic carbocycles. The number of amides is 1. The Morgan fingerprint density at radius 1 is 1.12 bits per heavy atom. The van der Waals surface area contributed by atoms with E-state index in [9.17, 15) is 4.79 Å². The van der Waals surface area contributed by atoms with Gasteiger partial charge >= 0.3 is 6.09 Å². The van der Waals surface area contributed by atoms with Crippen LogP contribution in [0.15, 0.2) is 18.2 Å². The highest BCUT2D eigenvalue weighted by molar-refractivity contribution is 7.80. The van der Waals surface area contributed by atoms with Gasteiger partial charge in [-0.1, -0.05) is 17.7 Å². The predicted octanol–water partition coefficient (Wildman–Crippen LogP) is 3.94. The zero-order valence-electron chi connectivity index (χ0n) is 15.9.